The zero-order valence-electron chi connectivity index (χ0n) is 16.5. The van der Waals surface area contributed by atoms with Crippen molar-refractivity contribution in [3.8, 4) is 17.3 Å². The smallest absolute Gasteiger partial charge is 0.226 e. The minimum absolute atomic E-state index is 0.150. The Bertz CT molecular complexity index is 1120. The molecule has 1 saturated heterocycles. The lowest BCUT2D eigenvalue weighted by molar-refractivity contribution is -0.116. The van der Waals surface area contributed by atoms with E-state index in [-0.39, 0.29) is 29.7 Å². The standard InChI is InChI=1S/C21H22N6O3/c1-12-20-14(13-4-5-15(28)16(29)10-13)11-19(30)22-21(20)27(25-12)18-7-6-17(23-24-18)26-8-2-3-9-26/h4-7,10,14,28-29H,2-3,8-9,11H2,1H3,(H,22,30)/t14-/m0/s1. The van der Waals surface area contributed by atoms with Gasteiger partial charge >= 0.3 is 0 Å². The van der Waals surface area contributed by atoms with Crippen LogP contribution < -0.4 is 10.2 Å². The Morgan fingerprint density at radius 3 is 2.47 bits per heavy atom. The molecule has 1 fully saturated rings. The average Bonchev–Trinajstić information content (AvgIpc) is 3.38. The minimum Gasteiger partial charge on any atom is -0.504 e. The van der Waals surface area contributed by atoms with Gasteiger partial charge in [0.2, 0.25) is 5.91 Å². The monoisotopic (exact) mass is 406 g/mol. The number of benzene rings is 1. The molecule has 9 nitrogen and oxygen atoms in total. The number of aryl methyl sites for hydroxylation is 1. The van der Waals surface area contributed by atoms with Gasteiger partial charge in [-0.3, -0.25) is 4.79 Å². The van der Waals surface area contributed by atoms with Gasteiger partial charge in [0.1, 0.15) is 5.82 Å². The molecule has 0 unspecified atom stereocenters. The maximum absolute atomic E-state index is 12.5. The van der Waals surface area contributed by atoms with Crippen LogP contribution in [0.4, 0.5) is 11.6 Å². The minimum atomic E-state index is -0.286. The number of phenols is 2. The second-order valence-corrected chi connectivity index (χ2v) is 7.76. The lowest BCUT2D eigenvalue weighted by atomic mass is 9.85. The first-order valence-electron chi connectivity index (χ1n) is 10.0. The molecule has 3 N–H and O–H groups in total. The summed E-state index contributed by atoms with van der Waals surface area (Å²) in [5.74, 6) is 1.08. The summed E-state index contributed by atoms with van der Waals surface area (Å²) in [7, 11) is 0. The van der Waals surface area contributed by atoms with E-state index in [4.69, 9.17) is 0 Å². The molecule has 0 saturated carbocycles. The van der Waals surface area contributed by atoms with Gasteiger partial charge in [0.25, 0.3) is 0 Å². The molecule has 0 radical (unpaired) electrons. The SMILES string of the molecule is Cc1nn(-c2ccc(N3CCCC3)nn2)c2c1[C@H](c1ccc(O)c(O)c1)CC(=O)N2. The summed E-state index contributed by atoms with van der Waals surface area (Å²) in [6, 6.07) is 8.42. The fourth-order valence-corrected chi connectivity index (χ4v) is 4.30. The molecule has 5 rings (SSSR count). The van der Waals surface area contributed by atoms with Gasteiger partial charge in [-0.1, -0.05) is 6.07 Å². The fraction of sp³-hybridized carbons (Fsp3) is 0.333. The molecule has 2 aliphatic rings. The summed E-state index contributed by atoms with van der Waals surface area (Å²) in [5.41, 5.74) is 2.36. The van der Waals surface area contributed by atoms with Gasteiger partial charge in [-0.15, -0.1) is 10.2 Å². The number of carbonyl (C=O) groups is 1. The second kappa shape index (κ2) is 7.01. The molecule has 3 aromatic rings. The van der Waals surface area contributed by atoms with Gasteiger partial charge in [-0.05, 0) is 49.6 Å². The van der Waals surface area contributed by atoms with Gasteiger partial charge in [0.05, 0.1) is 5.69 Å². The Labute approximate surface area is 173 Å². The van der Waals surface area contributed by atoms with Gasteiger partial charge in [0, 0.05) is 31.0 Å². The van der Waals surface area contributed by atoms with Crippen molar-refractivity contribution in [2.75, 3.05) is 23.3 Å². The van der Waals surface area contributed by atoms with Crippen LogP contribution in [-0.4, -0.2) is 49.2 Å². The molecule has 9 heteroatoms. The van der Waals surface area contributed by atoms with Crippen molar-refractivity contribution < 1.29 is 15.0 Å². The first kappa shape index (κ1) is 18.4. The zero-order chi connectivity index (χ0) is 20.8. The van der Waals surface area contributed by atoms with E-state index in [1.165, 1.54) is 12.1 Å². The van der Waals surface area contributed by atoms with Gasteiger partial charge in [-0.2, -0.15) is 9.78 Å². The number of carbonyl (C=O) groups excluding carboxylic acids is 1. The number of anilines is 2. The summed E-state index contributed by atoms with van der Waals surface area (Å²) in [6.45, 7) is 3.86. The maximum atomic E-state index is 12.5. The number of aromatic nitrogens is 4. The van der Waals surface area contributed by atoms with Crippen LogP contribution in [0.15, 0.2) is 30.3 Å². The number of fused-ring (bicyclic) bond motifs is 1. The summed E-state index contributed by atoms with van der Waals surface area (Å²) >= 11 is 0. The van der Waals surface area contributed by atoms with Crippen LogP contribution in [-0.2, 0) is 4.79 Å². The van der Waals surface area contributed by atoms with Crippen molar-refractivity contribution in [1.82, 2.24) is 20.0 Å². The van der Waals surface area contributed by atoms with E-state index in [0.717, 1.165) is 48.6 Å². The molecule has 30 heavy (non-hydrogen) atoms. The van der Waals surface area contributed by atoms with E-state index in [1.807, 2.05) is 19.1 Å². The van der Waals surface area contributed by atoms with Crippen LogP contribution in [0.1, 0.15) is 42.0 Å². The van der Waals surface area contributed by atoms with E-state index in [1.54, 1.807) is 10.7 Å². The number of phenolic OH excluding ortho intramolecular Hbond substituents is 2. The van der Waals surface area contributed by atoms with Crippen molar-refractivity contribution >= 4 is 17.5 Å². The van der Waals surface area contributed by atoms with Crippen LogP contribution in [0.3, 0.4) is 0 Å². The Morgan fingerprint density at radius 1 is 1.03 bits per heavy atom. The lowest BCUT2D eigenvalue weighted by Crippen LogP contribution is -2.25. The first-order valence-corrected chi connectivity index (χ1v) is 10.0. The molecule has 4 heterocycles. The van der Waals surface area contributed by atoms with Crippen molar-refractivity contribution in [2.24, 2.45) is 0 Å². The number of rotatable bonds is 3. The maximum Gasteiger partial charge on any atom is 0.226 e. The average molecular weight is 406 g/mol. The molecule has 154 valence electrons. The molecule has 0 bridgehead atoms. The van der Waals surface area contributed by atoms with Crippen LogP contribution in [0.5, 0.6) is 11.5 Å². The highest BCUT2D eigenvalue weighted by Gasteiger charge is 2.33. The highest BCUT2D eigenvalue weighted by molar-refractivity contribution is 5.95. The molecular formula is C21H22N6O3. The number of hydrogen-bond acceptors (Lipinski definition) is 7. The third-order valence-electron chi connectivity index (χ3n) is 5.79. The zero-order valence-corrected chi connectivity index (χ0v) is 16.5. The van der Waals surface area contributed by atoms with E-state index in [0.29, 0.717) is 11.6 Å². The molecular weight excluding hydrogens is 384 g/mol. The molecule has 1 atom stereocenters. The van der Waals surface area contributed by atoms with E-state index < -0.39 is 0 Å². The second-order valence-electron chi connectivity index (χ2n) is 7.76. The number of amides is 1. The molecule has 1 amide bonds. The lowest BCUT2D eigenvalue weighted by Gasteiger charge is -2.24. The van der Waals surface area contributed by atoms with E-state index in [2.05, 4.69) is 25.5 Å². The Hall–Kier alpha value is -3.62. The number of nitrogens with one attached hydrogen (secondary N) is 1. The quantitative estimate of drug-likeness (QED) is 0.572. The molecule has 1 aromatic carbocycles. The Balaban J connectivity index is 1.55. The fourth-order valence-electron chi connectivity index (χ4n) is 4.30. The highest BCUT2D eigenvalue weighted by Crippen LogP contribution is 2.41. The molecule has 2 aliphatic heterocycles. The largest absolute Gasteiger partial charge is 0.504 e. The molecule has 0 spiro atoms. The predicted octanol–water partition coefficient (Wildman–Crippen LogP) is 2.46. The van der Waals surface area contributed by atoms with Gasteiger partial charge < -0.3 is 20.4 Å². The van der Waals surface area contributed by atoms with Crippen molar-refractivity contribution in [1.29, 1.82) is 0 Å². The normalized spacial score (nSPS) is 18.4. The third-order valence-corrected chi connectivity index (χ3v) is 5.79. The van der Waals surface area contributed by atoms with Gasteiger partial charge in [0.15, 0.2) is 23.1 Å². The van der Waals surface area contributed by atoms with Crippen molar-refractivity contribution in [2.45, 2.75) is 32.1 Å². The van der Waals surface area contributed by atoms with Crippen LogP contribution in [0.2, 0.25) is 0 Å². The van der Waals surface area contributed by atoms with Crippen LogP contribution in [0, 0.1) is 6.92 Å². The summed E-state index contributed by atoms with van der Waals surface area (Å²) in [6.07, 6.45) is 2.55. The number of nitrogens with zero attached hydrogens (tertiary/aromatic N) is 5. The number of hydrogen-bond donors (Lipinski definition) is 3. The van der Waals surface area contributed by atoms with Crippen LogP contribution >= 0.6 is 0 Å². The van der Waals surface area contributed by atoms with Crippen LogP contribution in [0.25, 0.3) is 5.82 Å². The number of aromatic hydroxyl groups is 2. The topological polar surface area (TPSA) is 116 Å². The first-order chi connectivity index (χ1) is 14.5. The van der Waals surface area contributed by atoms with E-state index in [9.17, 15) is 15.0 Å². The van der Waals surface area contributed by atoms with E-state index >= 15 is 0 Å². The summed E-state index contributed by atoms with van der Waals surface area (Å²) < 4.78 is 1.61. The van der Waals surface area contributed by atoms with Crippen molar-refractivity contribution in [3.63, 3.8) is 0 Å². The molecule has 0 aliphatic carbocycles. The predicted molar refractivity (Wildman–Crippen MR) is 110 cm³/mol. The summed E-state index contributed by atoms with van der Waals surface area (Å²) in [4.78, 5) is 14.7. The Kier molecular flexibility index (Phi) is 4.30. The Morgan fingerprint density at radius 2 is 1.77 bits per heavy atom. The van der Waals surface area contributed by atoms with Gasteiger partial charge in [-0.25, -0.2) is 0 Å². The summed E-state index contributed by atoms with van der Waals surface area (Å²) in [5, 5.41) is 35.8. The molecule has 2 aromatic heterocycles. The third kappa shape index (κ3) is 3.02. The highest BCUT2D eigenvalue weighted by atomic mass is 16.3. The van der Waals surface area contributed by atoms with Crippen molar-refractivity contribution in [3.05, 3.63) is 47.2 Å².